The molecule has 27 heavy (non-hydrogen) atoms. The van der Waals surface area contributed by atoms with Crippen molar-refractivity contribution in [3.63, 3.8) is 0 Å². The molecule has 0 saturated carbocycles. The predicted octanol–water partition coefficient (Wildman–Crippen LogP) is 3.34. The minimum absolute atomic E-state index is 0.0898. The molecular formula is C21H20N2O3S. The maximum absolute atomic E-state index is 12.6. The first kappa shape index (κ1) is 17.7. The molecule has 1 atom stereocenters. The standard InChI is InChI=1S/C21H20N2O3S/c1-23-11-10-17-12-18(7-9-20(17)23)21(24)14-22-27(25,26)19-8-6-15-4-2-3-5-16(15)13-19/h2-13,21-22,24H,14H2,1H3. The summed E-state index contributed by atoms with van der Waals surface area (Å²) in [5.74, 6) is 0. The first-order valence-electron chi connectivity index (χ1n) is 8.65. The highest BCUT2D eigenvalue weighted by atomic mass is 32.2. The van der Waals surface area contributed by atoms with Crippen LogP contribution in [0.5, 0.6) is 0 Å². The molecule has 2 N–H and O–H groups in total. The molecule has 5 nitrogen and oxygen atoms in total. The Morgan fingerprint density at radius 3 is 2.56 bits per heavy atom. The van der Waals surface area contributed by atoms with Crippen molar-refractivity contribution in [1.82, 2.24) is 9.29 Å². The highest BCUT2D eigenvalue weighted by Crippen LogP contribution is 2.22. The van der Waals surface area contributed by atoms with E-state index in [9.17, 15) is 13.5 Å². The van der Waals surface area contributed by atoms with E-state index in [0.717, 1.165) is 21.7 Å². The van der Waals surface area contributed by atoms with Gasteiger partial charge >= 0.3 is 0 Å². The van der Waals surface area contributed by atoms with Gasteiger partial charge in [-0.05, 0) is 52.1 Å². The van der Waals surface area contributed by atoms with Gasteiger partial charge in [-0.25, -0.2) is 13.1 Å². The highest BCUT2D eigenvalue weighted by Gasteiger charge is 2.17. The fraction of sp³-hybridized carbons (Fsp3) is 0.143. The van der Waals surface area contributed by atoms with Crippen LogP contribution in [0.4, 0.5) is 0 Å². The topological polar surface area (TPSA) is 71.3 Å². The average molecular weight is 380 g/mol. The van der Waals surface area contributed by atoms with E-state index in [2.05, 4.69) is 4.72 Å². The lowest BCUT2D eigenvalue weighted by Gasteiger charge is -2.13. The Labute approximate surface area is 157 Å². The fourth-order valence-corrected chi connectivity index (χ4v) is 4.31. The second kappa shape index (κ2) is 6.81. The normalized spacial score (nSPS) is 13.3. The summed E-state index contributed by atoms with van der Waals surface area (Å²) in [6.07, 6.45) is 1.02. The van der Waals surface area contributed by atoms with Crippen LogP contribution in [0.3, 0.4) is 0 Å². The molecule has 0 aliphatic rings. The van der Waals surface area contributed by atoms with Crippen LogP contribution in [-0.4, -0.2) is 24.6 Å². The fourth-order valence-electron chi connectivity index (χ4n) is 3.23. The zero-order valence-corrected chi connectivity index (χ0v) is 15.6. The van der Waals surface area contributed by atoms with E-state index in [4.69, 9.17) is 0 Å². The molecule has 1 heterocycles. The van der Waals surface area contributed by atoms with Gasteiger partial charge in [-0.2, -0.15) is 0 Å². The molecule has 4 rings (SSSR count). The van der Waals surface area contributed by atoms with Crippen LogP contribution in [0.1, 0.15) is 11.7 Å². The van der Waals surface area contributed by atoms with Gasteiger partial charge in [0.25, 0.3) is 0 Å². The van der Waals surface area contributed by atoms with Gasteiger partial charge in [0.2, 0.25) is 10.0 Å². The van der Waals surface area contributed by atoms with Crippen LogP contribution in [0.15, 0.2) is 77.8 Å². The Morgan fingerprint density at radius 1 is 0.963 bits per heavy atom. The number of hydrogen-bond acceptors (Lipinski definition) is 3. The van der Waals surface area contributed by atoms with E-state index in [1.165, 1.54) is 0 Å². The largest absolute Gasteiger partial charge is 0.387 e. The summed E-state index contributed by atoms with van der Waals surface area (Å²) in [5, 5.41) is 13.3. The Bertz CT molecular complexity index is 1230. The predicted molar refractivity (Wildman–Crippen MR) is 107 cm³/mol. The van der Waals surface area contributed by atoms with E-state index < -0.39 is 16.1 Å². The number of rotatable bonds is 5. The van der Waals surface area contributed by atoms with Gasteiger partial charge < -0.3 is 9.67 Å². The number of hydrogen-bond donors (Lipinski definition) is 2. The molecule has 1 unspecified atom stereocenters. The number of benzene rings is 3. The number of nitrogens with one attached hydrogen (secondary N) is 1. The van der Waals surface area contributed by atoms with Crippen LogP contribution < -0.4 is 4.72 Å². The third-order valence-electron chi connectivity index (χ3n) is 4.79. The van der Waals surface area contributed by atoms with Crippen molar-refractivity contribution in [1.29, 1.82) is 0 Å². The summed E-state index contributed by atoms with van der Waals surface area (Å²) in [4.78, 5) is 0.187. The molecule has 0 radical (unpaired) electrons. The SMILES string of the molecule is Cn1ccc2cc(C(O)CNS(=O)(=O)c3ccc4ccccc4c3)ccc21. The van der Waals surface area contributed by atoms with Crippen molar-refractivity contribution in [2.45, 2.75) is 11.0 Å². The minimum atomic E-state index is -3.71. The van der Waals surface area contributed by atoms with Crippen molar-refractivity contribution in [2.24, 2.45) is 7.05 Å². The van der Waals surface area contributed by atoms with Crippen LogP contribution in [-0.2, 0) is 17.1 Å². The lowest BCUT2D eigenvalue weighted by atomic mass is 10.1. The number of aromatic nitrogens is 1. The molecule has 4 aromatic rings. The molecule has 3 aromatic carbocycles. The van der Waals surface area contributed by atoms with E-state index in [1.54, 1.807) is 18.2 Å². The first-order chi connectivity index (χ1) is 12.9. The molecule has 0 amide bonds. The molecule has 138 valence electrons. The molecule has 0 bridgehead atoms. The second-order valence-corrected chi connectivity index (χ2v) is 8.39. The van der Waals surface area contributed by atoms with Gasteiger partial charge in [-0.15, -0.1) is 0 Å². The molecular weight excluding hydrogens is 360 g/mol. The summed E-state index contributed by atoms with van der Waals surface area (Å²) in [5.41, 5.74) is 1.73. The van der Waals surface area contributed by atoms with Crippen LogP contribution in [0.2, 0.25) is 0 Å². The Balaban J connectivity index is 1.53. The minimum Gasteiger partial charge on any atom is -0.387 e. The zero-order chi connectivity index (χ0) is 19.0. The zero-order valence-electron chi connectivity index (χ0n) is 14.8. The van der Waals surface area contributed by atoms with Gasteiger partial charge in [0.05, 0.1) is 11.0 Å². The van der Waals surface area contributed by atoms with Crippen LogP contribution >= 0.6 is 0 Å². The summed E-state index contributed by atoms with van der Waals surface area (Å²) in [6.45, 7) is -0.0898. The van der Waals surface area contributed by atoms with Crippen molar-refractivity contribution in [2.75, 3.05) is 6.54 Å². The first-order valence-corrected chi connectivity index (χ1v) is 10.1. The number of aryl methyl sites for hydroxylation is 1. The quantitative estimate of drug-likeness (QED) is 0.558. The Hall–Kier alpha value is -2.67. The summed E-state index contributed by atoms with van der Waals surface area (Å²) in [6, 6.07) is 20.2. The lowest BCUT2D eigenvalue weighted by Crippen LogP contribution is -2.28. The van der Waals surface area contributed by atoms with Crippen molar-refractivity contribution < 1.29 is 13.5 Å². The van der Waals surface area contributed by atoms with E-state index in [0.29, 0.717) is 5.56 Å². The van der Waals surface area contributed by atoms with Gasteiger partial charge in [0, 0.05) is 25.3 Å². The van der Waals surface area contributed by atoms with Crippen molar-refractivity contribution in [3.8, 4) is 0 Å². The molecule has 0 aliphatic heterocycles. The molecule has 0 spiro atoms. The number of sulfonamides is 1. The maximum atomic E-state index is 12.6. The maximum Gasteiger partial charge on any atom is 0.240 e. The van der Waals surface area contributed by atoms with Crippen molar-refractivity contribution in [3.05, 3.63) is 78.5 Å². The molecule has 6 heteroatoms. The monoisotopic (exact) mass is 380 g/mol. The Kier molecular flexibility index (Phi) is 4.47. The summed E-state index contributed by atoms with van der Waals surface area (Å²) >= 11 is 0. The van der Waals surface area contributed by atoms with Gasteiger partial charge in [0.15, 0.2) is 0 Å². The molecule has 0 aliphatic carbocycles. The molecule has 0 saturated heterocycles. The second-order valence-electron chi connectivity index (χ2n) is 6.62. The highest BCUT2D eigenvalue weighted by molar-refractivity contribution is 7.89. The van der Waals surface area contributed by atoms with Gasteiger partial charge in [-0.3, -0.25) is 0 Å². The third-order valence-corrected chi connectivity index (χ3v) is 6.21. The average Bonchev–Trinajstić information content (AvgIpc) is 3.06. The summed E-state index contributed by atoms with van der Waals surface area (Å²) < 4.78 is 29.7. The lowest BCUT2D eigenvalue weighted by molar-refractivity contribution is 0.182. The number of nitrogens with zero attached hydrogens (tertiary/aromatic N) is 1. The van der Waals surface area contributed by atoms with Gasteiger partial charge in [-0.1, -0.05) is 36.4 Å². The van der Waals surface area contributed by atoms with Crippen LogP contribution in [0.25, 0.3) is 21.7 Å². The summed E-state index contributed by atoms with van der Waals surface area (Å²) in [7, 11) is -1.75. The Morgan fingerprint density at radius 2 is 1.74 bits per heavy atom. The third kappa shape index (κ3) is 3.47. The number of fused-ring (bicyclic) bond motifs is 2. The van der Waals surface area contributed by atoms with Crippen LogP contribution in [0, 0.1) is 0 Å². The van der Waals surface area contributed by atoms with E-state index in [-0.39, 0.29) is 11.4 Å². The molecule has 1 aromatic heterocycles. The van der Waals surface area contributed by atoms with Gasteiger partial charge in [0.1, 0.15) is 0 Å². The smallest absolute Gasteiger partial charge is 0.240 e. The number of aliphatic hydroxyl groups is 1. The van der Waals surface area contributed by atoms with Crippen molar-refractivity contribution >= 4 is 31.7 Å². The molecule has 0 fully saturated rings. The number of aliphatic hydroxyl groups excluding tert-OH is 1. The van der Waals surface area contributed by atoms with E-state index in [1.807, 2.05) is 66.3 Å². The van der Waals surface area contributed by atoms with E-state index >= 15 is 0 Å².